The topological polar surface area (TPSA) is 76.0 Å². The first kappa shape index (κ1) is 16.6. The number of hydrogen-bond donors (Lipinski definition) is 2. The lowest BCUT2D eigenvalue weighted by Gasteiger charge is -2.39. The summed E-state index contributed by atoms with van der Waals surface area (Å²) in [6.45, 7) is 5.74. The van der Waals surface area contributed by atoms with Crippen LogP contribution in [0.5, 0.6) is 0 Å². The molecular weight excluding hydrogens is 311 g/mol. The molecule has 1 aliphatic rings. The van der Waals surface area contributed by atoms with Crippen molar-refractivity contribution in [2.75, 3.05) is 13.1 Å². The van der Waals surface area contributed by atoms with Gasteiger partial charge in [-0.15, -0.1) is 0 Å². The lowest BCUT2D eigenvalue weighted by atomic mass is 9.80. The maximum Gasteiger partial charge on any atom is 0.261 e. The van der Waals surface area contributed by atoms with E-state index in [1.807, 2.05) is 0 Å². The average molecular weight is 332 g/mol. The second-order valence-corrected chi connectivity index (χ2v) is 6.91. The summed E-state index contributed by atoms with van der Waals surface area (Å²) in [5, 5.41) is 6.49. The number of piperidine rings is 1. The van der Waals surface area contributed by atoms with Crippen molar-refractivity contribution in [3.05, 3.63) is 40.7 Å². The van der Waals surface area contributed by atoms with Crippen LogP contribution in [0, 0.1) is 11.2 Å². The summed E-state index contributed by atoms with van der Waals surface area (Å²) in [6, 6.07) is 3.90. The van der Waals surface area contributed by atoms with Crippen LogP contribution in [0.2, 0.25) is 0 Å². The number of aromatic nitrogens is 2. The van der Waals surface area contributed by atoms with E-state index in [1.54, 1.807) is 0 Å². The van der Waals surface area contributed by atoms with E-state index >= 15 is 0 Å². The molecule has 0 aliphatic carbocycles. The maximum atomic E-state index is 13.3. The molecule has 24 heavy (non-hydrogen) atoms. The van der Waals surface area contributed by atoms with Crippen LogP contribution >= 0.6 is 0 Å². The van der Waals surface area contributed by atoms with Gasteiger partial charge >= 0.3 is 0 Å². The first-order valence-corrected chi connectivity index (χ1v) is 8.01. The number of fused-ring (bicyclic) bond motifs is 1. The van der Waals surface area contributed by atoms with Gasteiger partial charge in [0.05, 0.1) is 17.2 Å². The summed E-state index contributed by atoms with van der Waals surface area (Å²) in [5.74, 6) is -0.741. The van der Waals surface area contributed by atoms with Crippen LogP contribution in [0.25, 0.3) is 10.9 Å². The molecule has 128 valence electrons. The molecule has 2 heterocycles. The van der Waals surface area contributed by atoms with Crippen molar-refractivity contribution >= 4 is 16.8 Å². The van der Waals surface area contributed by atoms with E-state index in [1.165, 1.54) is 23.0 Å². The minimum absolute atomic E-state index is 0.0489. The Morgan fingerprint density at radius 1 is 1.50 bits per heavy atom. The second-order valence-electron chi connectivity index (χ2n) is 6.91. The normalized spacial score (nSPS) is 20.0. The molecule has 2 aromatic rings. The van der Waals surface area contributed by atoms with Crippen molar-refractivity contribution in [1.29, 1.82) is 0 Å². The van der Waals surface area contributed by atoms with E-state index < -0.39 is 11.4 Å². The van der Waals surface area contributed by atoms with Crippen molar-refractivity contribution in [1.82, 2.24) is 20.2 Å². The number of nitrogens with one attached hydrogen (secondary N) is 2. The highest BCUT2D eigenvalue weighted by atomic mass is 19.1. The highest BCUT2D eigenvalue weighted by Gasteiger charge is 2.33. The third kappa shape index (κ3) is 3.31. The predicted octanol–water partition coefficient (Wildman–Crippen LogP) is 1.04. The zero-order valence-corrected chi connectivity index (χ0v) is 13.8. The van der Waals surface area contributed by atoms with E-state index in [0.717, 1.165) is 25.6 Å². The number of hydrogen-bond acceptors (Lipinski definition) is 4. The van der Waals surface area contributed by atoms with Crippen LogP contribution in [0.15, 0.2) is 29.3 Å². The number of benzene rings is 1. The van der Waals surface area contributed by atoms with Crippen LogP contribution < -0.4 is 16.2 Å². The molecule has 1 fully saturated rings. The molecule has 1 amide bonds. The quantitative estimate of drug-likeness (QED) is 0.881. The predicted molar refractivity (Wildman–Crippen MR) is 89.2 cm³/mol. The number of rotatable bonds is 3. The molecule has 0 saturated carbocycles. The van der Waals surface area contributed by atoms with Gasteiger partial charge in [0.1, 0.15) is 12.4 Å². The van der Waals surface area contributed by atoms with Crippen molar-refractivity contribution in [2.24, 2.45) is 5.41 Å². The zero-order chi connectivity index (χ0) is 17.3. The molecule has 3 rings (SSSR count). The van der Waals surface area contributed by atoms with Crippen LogP contribution in [0.4, 0.5) is 4.39 Å². The maximum absolute atomic E-state index is 13.3. The molecule has 7 heteroatoms. The summed E-state index contributed by atoms with van der Waals surface area (Å²) in [7, 11) is 0. The fraction of sp³-hybridized carbons (Fsp3) is 0.471. The Morgan fingerprint density at radius 3 is 3.04 bits per heavy atom. The number of amides is 1. The third-order valence-corrected chi connectivity index (χ3v) is 4.57. The smallest absolute Gasteiger partial charge is 0.261 e. The highest BCUT2D eigenvalue weighted by Crippen LogP contribution is 2.24. The van der Waals surface area contributed by atoms with E-state index in [2.05, 4.69) is 29.5 Å². The van der Waals surface area contributed by atoms with Crippen LogP contribution in [-0.4, -0.2) is 34.6 Å². The van der Waals surface area contributed by atoms with E-state index in [-0.39, 0.29) is 29.3 Å². The van der Waals surface area contributed by atoms with Crippen molar-refractivity contribution in [3.8, 4) is 0 Å². The van der Waals surface area contributed by atoms with Gasteiger partial charge in [0.2, 0.25) is 5.91 Å². The SMILES string of the molecule is CC1(C)CNCCC1NC(=O)Cn1cnc2ccc(F)cc2c1=O. The summed E-state index contributed by atoms with van der Waals surface area (Å²) < 4.78 is 14.6. The van der Waals surface area contributed by atoms with Gasteiger partial charge in [0.15, 0.2) is 0 Å². The minimum atomic E-state index is -0.500. The lowest BCUT2D eigenvalue weighted by Crippen LogP contribution is -2.55. The van der Waals surface area contributed by atoms with Gasteiger partial charge in [-0.3, -0.25) is 14.2 Å². The Hall–Kier alpha value is -2.28. The van der Waals surface area contributed by atoms with Gasteiger partial charge in [-0.25, -0.2) is 9.37 Å². The van der Waals surface area contributed by atoms with Gasteiger partial charge in [-0.2, -0.15) is 0 Å². The van der Waals surface area contributed by atoms with Crippen molar-refractivity contribution < 1.29 is 9.18 Å². The standard InChI is InChI=1S/C17H21FN4O2/c1-17(2)9-19-6-5-14(17)21-15(23)8-22-10-20-13-4-3-11(18)7-12(13)16(22)24/h3-4,7,10,14,19H,5-6,8-9H2,1-2H3,(H,21,23). The van der Waals surface area contributed by atoms with Crippen LogP contribution in [-0.2, 0) is 11.3 Å². The fourth-order valence-corrected chi connectivity index (χ4v) is 3.08. The largest absolute Gasteiger partial charge is 0.351 e. The first-order valence-electron chi connectivity index (χ1n) is 8.01. The molecule has 1 saturated heterocycles. The Kier molecular flexibility index (Phi) is 4.36. The van der Waals surface area contributed by atoms with Gasteiger partial charge < -0.3 is 10.6 Å². The molecule has 1 aliphatic heterocycles. The molecule has 1 unspecified atom stereocenters. The molecule has 1 aromatic carbocycles. The first-order chi connectivity index (χ1) is 11.4. The van der Waals surface area contributed by atoms with E-state index in [0.29, 0.717) is 5.52 Å². The van der Waals surface area contributed by atoms with Gasteiger partial charge in [0.25, 0.3) is 5.56 Å². The molecule has 1 aromatic heterocycles. The molecule has 1 atom stereocenters. The van der Waals surface area contributed by atoms with Crippen molar-refractivity contribution in [2.45, 2.75) is 32.9 Å². The fourth-order valence-electron chi connectivity index (χ4n) is 3.08. The number of carbonyl (C=O) groups is 1. The van der Waals surface area contributed by atoms with Crippen LogP contribution in [0.1, 0.15) is 20.3 Å². The van der Waals surface area contributed by atoms with Crippen molar-refractivity contribution in [3.63, 3.8) is 0 Å². The van der Waals surface area contributed by atoms with Gasteiger partial charge in [-0.1, -0.05) is 13.8 Å². The monoisotopic (exact) mass is 332 g/mol. The van der Waals surface area contributed by atoms with E-state index in [4.69, 9.17) is 0 Å². The molecule has 2 N–H and O–H groups in total. The van der Waals surface area contributed by atoms with E-state index in [9.17, 15) is 14.0 Å². The third-order valence-electron chi connectivity index (χ3n) is 4.57. The Labute approximate surface area is 139 Å². The summed E-state index contributed by atoms with van der Waals surface area (Å²) >= 11 is 0. The van der Waals surface area contributed by atoms with Gasteiger partial charge in [-0.05, 0) is 36.6 Å². The highest BCUT2D eigenvalue weighted by molar-refractivity contribution is 5.79. The van der Waals surface area contributed by atoms with Gasteiger partial charge in [0, 0.05) is 12.6 Å². The molecule has 0 radical (unpaired) electrons. The lowest BCUT2D eigenvalue weighted by molar-refractivity contribution is -0.123. The van der Waals surface area contributed by atoms with Crippen LogP contribution in [0.3, 0.4) is 0 Å². The zero-order valence-electron chi connectivity index (χ0n) is 13.8. The Bertz CT molecular complexity index is 831. The Balaban J connectivity index is 1.78. The summed E-state index contributed by atoms with van der Waals surface area (Å²) in [5.41, 5.74) is -0.0549. The molecule has 0 spiro atoms. The molecule has 0 bridgehead atoms. The average Bonchev–Trinajstić information content (AvgIpc) is 2.52. The summed E-state index contributed by atoms with van der Waals surface area (Å²) in [4.78, 5) is 28.9. The minimum Gasteiger partial charge on any atom is -0.351 e. The Morgan fingerprint density at radius 2 is 2.29 bits per heavy atom. The molecule has 6 nitrogen and oxygen atoms in total. The number of carbonyl (C=O) groups excluding carboxylic acids is 1. The number of halogens is 1. The summed E-state index contributed by atoms with van der Waals surface area (Å²) in [6.07, 6.45) is 2.17. The molecular formula is C17H21FN4O2. The number of nitrogens with zero attached hydrogens (tertiary/aromatic N) is 2. The second kappa shape index (κ2) is 6.32.